The Morgan fingerprint density at radius 1 is 1.08 bits per heavy atom. The van der Waals surface area contributed by atoms with Crippen LogP contribution in [0, 0.1) is 0 Å². The molecule has 0 unspecified atom stereocenters. The molecule has 132 valence electrons. The van der Waals surface area contributed by atoms with Crippen molar-refractivity contribution in [3.8, 4) is 17.1 Å². The Balaban J connectivity index is 0.00000208. The predicted molar refractivity (Wildman–Crippen MR) is 98.0 cm³/mol. The number of rotatable bonds is 3. The summed E-state index contributed by atoms with van der Waals surface area (Å²) in [4.78, 5) is 0. The van der Waals surface area contributed by atoms with Gasteiger partial charge in [-0.1, -0.05) is 30.3 Å². The molecule has 0 amide bonds. The molecule has 1 aromatic heterocycles. The molecule has 5 nitrogen and oxygen atoms in total. The normalized spacial score (nSPS) is 20.4. The van der Waals surface area contributed by atoms with Gasteiger partial charge >= 0.3 is 0 Å². The molecule has 7 heteroatoms. The van der Waals surface area contributed by atoms with Crippen molar-refractivity contribution in [1.29, 1.82) is 0 Å². The number of ether oxygens (including phenoxy) is 1. The SMILES string of the molecule is CC1(C)CC(Oc2nsnc2-c2ccccc2)CC(C)(C)N1O.Cl. The van der Waals surface area contributed by atoms with Gasteiger partial charge in [0.2, 0.25) is 0 Å². The fourth-order valence-electron chi connectivity index (χ4n) is 3.45. The molecule has 1 N–H and O–H groups in total. The van der Waals surface area contributed by atoms with Crippen LogP contribution in [0.3, 0.4) is 0 Å². The average molecular weight is 370 g/mol. The van der Waals surface area contributed by atoms with Crippen molar-refractivity contribution in [1.82, 2.24) is 13.8 Å². The van der Waals surface area contributed by atoms with Gasteiger partial charge in [0.05, 0.1) is 11.7 Å². The molecule has 2 heterocycles. The zero-order valence-corrected chi connectivity index (χ0v) is 16.0. The Hall–Kier alpha value is -1.21. The minimum Gasteiger partial charge on any atom is -0.472 e. The van der Waals surface area contributed by atoms with Crippen LogP contribution in [-0.2, 0) is 0 Å². The van der Waals surface area contributed by atoms with Crippen LogP contribution in [0.4, 0.5) is 0 Å². The molecule has 0 saturated carbocycles. The summed E-state index contributed by atoms with van der Waals surface area (Å²) in [5.74, 6) is 0.587. The van der Waals surface area contributed by atoms with Crippen molar-refractivity contribution in [2.24, 2.45) is 0 Å². The number of piperidine rings is 1. The minimum absolute atomic E-state index is 0. The molecule has 1 aromatic carbocycles. The largest absolute Gasteiger partial charge is 0.472 e. The van der Waals surface area contributed by atoms with Crippen LogP contribution in [0.5, 0.6) is 5.88 Å². The molecule has 0 atom stereocenters. The second kappa shape index (κ2) is 6.96. The summed E-state index contributed by atoms with van der Waals surface area (Å²) in [6, 6.07) is 9.96. The minimum atomic E-state index is -0.344. The van der Waals surface area contributed by atoms with E-state index in [9.17, 15) is 5.21 Å². The predicted octanol–water partition coefficient (Wildman–Crippen LogP) is 4.42. The zero-order chi connectivity index (χ0) is 16.7. The van der Waals surface area contributed by atoms with Crippen molar-refractivity contribution in [3.05, 3.63) is 30.3 Å². The van der Waals surface area contributed by atoms with Crippen molar-refractivity contribution in [2.45, 2.75) is 57.7 Å². The Kier molecular flexibility index (Phi) is 5.54. The summed E-state index contributed by atoms with van der Waals surface area (Å²) >= 11 is 1.17. The number of hydrogen-bond acceptors (Lipinski definition) is 6. The quantitative estimate of drug-likeness (QED) is 0.867. The fourth-order valence-corrected chi connectivity index (χ4v) is 3.96. The van der Waals surface area contributed by atoms with E-state index in [1.807, 2.05) is 58.0 Å². The van der Waals surface area contributed by atoms with E-state index < -0.39 is 0 Å². The molecule has 0 spiro atoms. The first kappa shape index (κ1) is 19.1. The number of hydroxylamine groups is 2. The van der Waals surface area contributed by atoms with E-state index >= 15 is 0 Å². The van der Waals surface area contributed by atoms with Crippen LogP contribution >= 0.6 is 24.1 Å². The molecule has 1 fully saturated rings. The topological polar surface area (TPSA) is 58.5 Å². The number of hydrogen-bond donors (Lipinski definition) is 1. The highest BCUT2D eigenvalue weighted by molar-refractivity contribution is 6.99. The lowest BCUT2D eigenvalue weighted by atomic mass is 9.80. The highest BCUT2D eigenvalue weighted by atomic mass is 35.5. The lowest BCUT2D eigenvalue weighted by molar-refractivity contribution is -0.255. The van der Waals surface area contributed by atoms with E-state index in [4.69, 9.17) is 4.74 Å². The molecular formula is C17H24ClN3O2S. The molecule has 0 radical (unpaired) electrons. The summed E-state index contributed by atoms with van der Waals surface area (Å²) in [6.07, 6.45) is 1.46. The Bertz CT molecular complexity index is 657. The van der Waals surface area contributed by atoms with Gasteiger partial charge in [0.15, 0.2) is 0 Å². The first-order valence-corrected chi connectivity index (χ1v) is 8.56. The third kappa shape index (κ3) is 3.72. The van der Waals surface area contributed by atoms with E-state index in [2.05, 4.69) is 8.75 Å². The van der Waals surface area contributed by atoms with Gasteiger partial charge in [-0.05, 0) is 27.7 Å². The molecule has 24 heavy (non-hydrogen) atoms. The maximum atomic E-state index is 10.4. The van der Waals surface area contributed by atoms with Crippen LogP contribution in [0.2, 0.25) is 0 Å². The van der Waals surface area contributed by atoms with Gasteiger partial charge in [0, 0.05) is 29.5 Å². The Morgan fingerprint density at radius 3 is 2.25 bits per heavy atom. The first-order chi connectivity index (χ1) is 10.8. The Morgan fingerprint density at radius 2 is 1.67 bits per heavy atom. The third-order valence-corrected chi connectivity index (χ3v) is 4.90. The van der Waals surface area contributed by atoms with Crippen LogP contribution in [0.1, 0.15) is 40.5 Å². The molecule has 2 aromatic rings. The highest BCUT2D eigenvalue weighted by Crippen LogP contribution is 2.39. The van der Waals surface area contributed by atoms with E-state index in [0.29, 0.717) is 5.88 Å². The van der Waals surface area contributed by atoms with Crippen LogP contribution in [-0.4, -0.2) is 36.2 Å². The van der Waals surface area contributed by atoms with Gasteiger partial charge < -0.3 is 9.94 Å². The summed E-state index contributed by atoms with van der Waals surface area (Å²) in [6.45, 7) is 8.12. The van der Waals surface area contributed by atoms with E-state index in [-0.39, 0.29) is 29.6 Å². The van der Waals surface area contributed by atoms with Crippen LogP contribution in [0.25, 0.3) is 11.3 Å². The van der Waals surface area contributed by atoms with E-state index in [1.165, 1.54) is 16.8 Å². The van der Waals surface area contributed by atoms with Gasteiger partial charge in [-0.2, -0.15) is 9.44 Å². The molecular weight excluding hydrogens is 346 g/mol. The van der Waals surface area contributed by atoms with Crippen molar-refractivity contribution in [2.75, 3.05) is 0 Å². The molecule has 0 bridgehead atoms. The van der Waals surface area contributed by atoms with Gasteiger partial charge in [0.1, 0.15) is 11.8 Å². The maximum Gasteiger partial charge on any atom is 0.254 e. The highest BCUT2D eigenvalue weighted by Gasteiger charge is 2.46. The van der Waals surface area contributed by atoms with Gasteiger partial charge in [-0.25, -0.2) is 0 Å². The van der Waals surface area contributed by atoms with Crippen molar-refractivity contribution in [3.63, 3.8) is 0 Å². The number of halogens is 1. The molecule has 1 aliphatic heterocycles. The smallest absolute Gasteiger partial charge is 0.254 e. The number of nitrogens with zero attached hydrogens (tertiary/aromatic N) is 3. The lowest BCUT2D eigenvalue weighted by Crippen LogP contribution is -2.61. The summed E-state index contributed by atoms with van der Waals surface area (Å²) in [5.41, 5.74) is 1.11. The molecule has 3 rings (SSSR count). The summed E-state index contributed by atoms with van der Waals surface area (Å²) in [7, 11) is 0. The van der Waals surface area contributed by atoms with Gasteiger partial charge in [-0.3, -0.25) is 0 Å². The first-order valence-electron chi connectivity index (χ1n) is 7.83. The summed E-state index contributed by atoms with van der Waals surface area (Å²) < 4.78 is 14.9. The second-order valence-electron chi connectivity index (χ2n) is 7.37. The van der Waals surface area contributed by atoms with Gasteiger partial charge in [0.25, 0.3) is 5.88 Å². The second-order valence-corrected chi connectivity index (χ2v) is 7.90. The standard InChI is InChI=1S/C17H23N3O2S.ClH/c1-16(2)10-13(11-17(3,4)20(16)21)22-15-14(18-23-19-15)12-8-6-5-7-9-12;/h5-9,13,21H,10-11H2,1-4H3;1H. The van der Waals surface area contributed by atoms with Gasteiger partial charge in [-0.15, -0.1) is 16.8 Å². The fraction of sp³-hybridized carbons (Fsp3) is 0.529. The summed E-state index contributed by atoms with van der Waals surface area (Å²) in [5, 5.41) is 11.8. The zero-order valence-electron chi connectivity index (χ0n) is 14.4. The van der Waals surface area contributed by atoms with Crippen LogP contribution < -0.4 is 4.74 Å². The van der Waals surface area contributed by atoms with E-state index in [1.54, 1.807) is 0 Å². The molecule has 1 saturated heterocycles. The third-order valence-electron chi connectivity index (χ3n) is 4.39. The van der Waals surface area contributed by atoms with Crippen molar-refractivity contribution < 1.29 is 9.94 Å². The monoisotopic (exact) mass is 369 g/mol. The number of aromatic nitrogens is 2. The average Bonchev–Trinajstić information content (AvgIpc) is 2.93. The molecule has 1 aliphatic rings. The lowest BCUT2D eigenvalue weighted by Gasteiger charge is -2.50. The van der Waals surface area contributed by atoms with E-state index in [0.717, 1.165) is 24.1 Å². The molecule has 0 aliphatic carbocycles. The maximum absolute atomic E-state index is 10.4. The Labute approximate surface area is 153 Å². The van der Waals surface area contributed by atoms with Crippen molar-refractivity contribution >= 4 is 24.1 Å². The van der Waals surface area contributed by atoms with Crippen LogP contribution in [0.15, 0.2) is 30.3 Å². The number of benzene rings is 1.